The van der Waals surface area contributed by atoms with Crippen LogP contribution in [0.15, 0.2) is 36.4 Å². The quantitative estimate of drug-likeness (QED) is 0.429. The molecule has 9 nitrogen and oxygen atoms in total. The van der Waals surface area contributed by atoms with Crippen LogP contribution in [0.1, 0.15) is 41.3 Å². The first-order valence-corrected chi connectivity index (χ1v) is 11.6. The Hall–Kier alpha value is -3.56. The van der Waals surface area contributed by atoms with Crippen LogP contribution in [0.5, 0.6) is 0 Å². The van der Waals surface area contributed by atoms with Crippen molar-refractivity contribution in [2.24, 2.45) is 17.6 Å². The van der Waals surface area contributed by atoms with Gasteiger partial charge in [-0.25, -0.2) is 4.90 Å². The first kappa shape index (κ1) is 23.2. The van der Waals surface area contributed by atoms with Crippen LogP contribution in [0, 0.1) is 18.8 Å². The molecule has 2 saturated heterocycles. The summed E-state index contributed by atoms with van der Waals surface area (Å²) in [6.45, 7) is 3.19. The summed E-state index contributed by atoms with van der Waals surface area (Å²) >= 11 is 6.27. The second kappa shape index (κ2) is 8.00. The highest BCUT2D eigenvalue weighted by atomic mass is 35.5. The van der Waals surface area contributed by atoms with E-state index in [9.17, 15) is 24.0 Å². The fraction of sp³-hybridized carbons (Fsp3) is 0.320. The second-order valence-electron chi connectivity index (χ2n) is 9.23. The molecule has 1 spiro atoms. The van der Waals surface area contributed by atoms with Crippen molar-refractivity contribution in [3.8, 4) is 0 Å². The fourth-order valence-corrected chi connectivity index (χ4v) is 5.79. The molecule has 0 saturated carbocycles. The Kier molecular flexibility index (Phi) is 5.30. The second-order valence-corrected chi connectivity index (χ2v) is 9.64. The lowest BCUT2D eigenvalue weighted by Gasteiger charge is -2.29. The number of rotatable bonds is 5. The third-order valence-corrected chi connectivity index (χ3v) is 7.73. The van der Waals surface area contributed by atoms with Gasteiger partial charge in [0.1, 0.15) is 5.54 Å². The predicted molar refractivity (Wildman–Crippen MR) is 128 cm³/mol. The molecular weight excluding hydrogens is 472 g/mol. The smallest absolute Gasteiger partial charge is 0.250 e. The monoisotopic (exact) mass is 494 g/mol. The summed E-state index contributed by atoms with van der Waals surface area (Å²) in [5.74, 6) is -4.07. The summed E-state index contributed by atoms with van der Waals surface area (Å²) in [6, 6.07) is 8.88. The Balaban J connectivity index is 1.63. The number of carbonyl (C=O) groups excluding carboxylic acids is 5. The largest absolute Gasteiger partial charge is 0.370 e. The number of nitrogens with two attached hydrogens (primary N) is 1. The molecule has 2 fully saturated rings. The number of hydrogen-bond donors (Lipinski definition) is 3. The number of imide groups is 1. The normalized spacial score (nSPS) is 26.8. The highest BCUT2D eigenvalue weighted by Gasteiger charge is 2.70. The van der Waals surface area contributed by atoms with E-state index in [-0.39, 0.29) is 18.6 Å². The Morgan fingerprint density at radius 3 is 2.40 bits per heavy atom. The molecule has 5 rings (SSSR count). The molecular formula is C25H23ClN4O5. The molecule has 3 heterocycles. The van der Waals surface area contributed by atoms with Gasteiger partial charge in [0.05, 0.1) is 23.2 Å². The number of nitrogens with one attached hydrogen (secondary N) is 2. The lowest BCUT2D eigenvalue weighted by Crippen LogP contribution is -2.53. The van der Waals surface area contributed by atoms with Crippen LogP contribution in [-0.2, 0) is 24.7 Å². The van der Waals surface area contributed by atoms with E-state index in [2.05, 4.69) is 10.6 Å². The van der Waals surface area contributed by atoms with Gasteiger partial charge in [-0.3, -0.25) is 29.3 Å². The van der Waals surface area contributed by atoms with Crippen molar-refractivity contribution in [3.05, 3.63) is 58.1 Å². The minimum atomic E-state index is -1.50. The third-order valence-electron chi connectivity index (χ3n) is 7.32. The summed E-state index contributed by atoms with van der Waals surface area (Å²) in [5.41, 5.74) is 6.32. The SMILES string of the molecule is CC(=O)c1ccc(N2C(=O)[C@H]3[C@@H](C2=O)[C@]2(N[C@@H]3CCC(N)=O)C(=O)Nc3c2ccc(Cl)c3C)cc1. The molecule has 3 aliphatic rings. The van der Waals surface area contributed by atoms with Gasteiger partial charge in [0, 0.05) is 28.6 Å². The highest BCUT2D eigenvalue weighted by Crippen LogP contribution is 2.55. The maximum atomic E-state index is 13.9. The van der Waals surface area contributed by atoms with Crippen molar-refractivity contribution < 1.29 is 24.0 Å². The molecule has 35 heavy (non-hydrogen) atoms. The molecule has 2 aromatic carbocycles. The van der Waals surface area contributed by atoms with Crippen LogP contribution < -0.4 is 21.3 Å². The van der Waals surface area contributed by atoms with Crippen LogP contribution in [0.25, 0.3) is 0 Å². The van der Waals surface area contributed by atoms with E-state index in [1.165, 1.54) is 6.92 Å². The van der Waals surface area contributed by atoms with Crippen molar-refractivity contribution in [1.29, 1.82) is 0 Å². The van der Waals surface area contributed by atoms with E-state index in [1.54, 1.807) is 43.3 Å². The van der Waals surface area contributed by atoms with Gasteiger partial charge in [-0.2, -0.15) is 0 Å². The van der Waals surface area contributed by atoms with E-state index in [0.717, 1.165) is 4.90 Å². The Bertz CT molecular complexity index is 1320. The zero-order valence-corrected chi connectivity index (χ0v) is 19.8. The number of ketones is 1. The third kappa shape index (κ3) is 3.22. The van der Waals surface area contributed by atoms with Crippen molar-refractivity contribution in [2.75, 3.05) is 10.2 Å². The van der Waals surface area contributed by atoms with Crippen molar-refractivity contribution in [2.45, 2.75) is 38.3 Å². The first-order valence-electron chi connectivity index (χ1n) is 11.2. The number of carbonyl (C=O) groups is 5. The number of anilines is 2. The molecule has 2 aromatic rings. The van der Waals surface area contributed by atoms with Gasteiger partial charge in [-0.05, 0) is 56.2 Å². The number of nitrogens with zero attached hydrogens (tertiary/aromatic N) is 1. The predicted octanol–water partition coefficient (Wildman–Crippen LogP) is 2.04. The molecule has 4 atom stereocenters. The molecule has 0 aliphatic carbocycles. The van der Waals surface area contributed by atoms with Crippen LogP contribution in [0.2, 0.25) is 5.02 Å². The summed E-state index contributed by atoms with van der Waals surface area (Å²) < 4.78 is 0. The van der Waals surface area contributed by atoms with Gasteiger partial charge in [-0.15, -0.1) is 0 Å². The minimum absolute atomic E-state index is 0.0140. The average Bonchev–Trinajstić information content (AvgIpc) is 3.40. The number of Topliss-reactive ketones (excluding diaryl/α,β-unsaturated/α-hetero) is 1. The van der Waals surface area contributed by atoms with Crippen LogP contribution in [-0.4, -0.2) is 35.5 Å². The molecule has 4 amide bonds. The molecule has 0 bridgehead atoms. The van der Waals surface area contributed by atoms with E-state index >= 15 is 0 Å². The number of primary amides is 1. The van der Waals surface area contributed by atoms with Crippen LogP contribution in [0.3, 0.4) is 0 Å². The zero-order valence-electron chi connectivity index (χ0n) is 19.1. The van der Waals surface area contributed by atoms with Crippen molar-refractivity contribution in [3.63, 3.8) is 0 Å². The van der Waals surface area contributed by atoms with E-state index in [1.807, 2.05) is 0 Å². The fourth-order valence-electron chi connectivity index (χ4n) is 5.64. The standard InChI is InChI=1S/C25H23ClN4O5/c1-11-16(26)8-7-15-21(11)28-24(35)25(15)20-19(17(29-25)9-10-18(27)32)22(33)30(23(20)34)14-5-3-13(4-6-14)12(2)31/h3-8,17,19-20,29H,9-10H2,1-2H3,(H2,27,32)(H,28,35)/t17-,19-,20+,25+/m1/s1. The number of fused-ring (bicyclic) bond motifs is 4. The number of amides is 4. The van der Waals surface area contributed by atoms with Gasteiger partial charge in [0.2, 0.25) is 23.6 Å². The van der Waals surface area contributed by atoms with Gasteiger partial charge >= 0.3 is 0 Å². The van der Waals surface area contributed by atoms with E-state index < -0.39 is 47.0 Å². The summed E-state index contributed by atoms with van der Waals surface area (Å²) in [7, 11) is 0. The lowest BCUT2D eigenvalue weighted by molar-refractivity contribution is -0.130. The van der Waals surface area contributed by atoms with Crippen molar-refractivity contribution >= 4 is 52.4 Å². The highest BCUT2D eigenvalue weighted by molar-refractivity contribution is 6.32. The van der Waals surface area contributed by atoms with E-state index in [0.29, 0.717) is 33.1 Å². The van der Waals surface area contributed by atoms with Gasteiger partial charge < -0.3 is 11.1 Å². The van der Waals surface area contributed by atoms with Crippen molar-refractivity contribution in [1.82, 2.24) is 5.32 Å². The topological polar surface area (TPSA) is 139 Å². The molecule has 0 aromatic heterocycles. The average molecular weight is 495 g/mol. The maximum Gasteiger partial charge on any atom is 0.250 e. The Morgan fingerprint density at radius 2 is 1.77 bits per heavy atom. The molecule has 0 radical (unpaired) electrons. The molecule has 3 aliphatic heterocycles. The summed E-state index contributed by atoms with van der Waals surface area (Å²) in [5, 5.41) is 6.57. The molecule has 4 N–H and O–H groups in total. The molecule has 180 valence electrons. The Labute approximate surface area is 206 Å². The minimum Gasteiger partial charge on any atom is -0.370 e. The number of hydrogen-bond acceptors (Lipinski definition) is 6. The van der Waals surface area contributed by atoms with Gasteiger partial charge in [0.15, 0.2) is 5.78 Å². The van der Waals surface area contributed by atoms with Gasteiger partial charge in [0.25, 0.3) is 0 Å². The zero-order chi connectivity index (χ0) is 25.2. The lowest BCUT2D eigenvalue weighted by atomic mass is 9.76. The maximum absolute atomic E-state index is 13.9. The van der Waals surface area contributed by atoms with Gasteiger partial charge in [-0.1, -0.05) is 17.7 Å². The van der Waals surface area contributed by atoms with E-state index in [4.69, 9.17) is 17.3 Å². The Morgan fingerprint density at radius 1 is 1.09 bits per heavy atom. The molecule has 10 heteroatoms. The van der Waals surface area contributed by atoms with Crippen LogP contribution in [0.4, 0.5) is 11.4 Å². The molecule has 0 unspecified atom stereocenters. The van der Waals surface area contributed by atoms with Crippen LogP contribution >= 0.6 is 11.6 Å². The number of halogens is 1. The number of benzene rings is 2. The first-order chi connectivity index (χ1) is 16.6. The summed E-state index contributed by atoms with van der Waals surface area (Å²) in [4.78, 5) is 65.4. The summed E-state index contributed by atoms with van der Waals surface area (Å²) in [6.07, 6.45) is 0.170.